The van der Waals surface area contributed by atoms with Crippen molar-refractivity contribution in [3.8, 4) is 0 Å². The minimum absolute atomic E-state index is 0.0585. The molecule has 0 saturated carbocycles. The molecule has 1 amide bonds. The molecule has 1 unspecified atom stereocenters. The van der Waals surface area contributed by atoms with Crippen LogP contribution in [0.4, 0.5) is 0 Å². The van der Waals surface area contributed by atoms with Crippen LogP contribution in [0.2, 0.25) is 0 Å². The third kappa shape index (κ3) is 4.76. The predicted octanol–water partition coefficient (Wildman–Crippen LogP) is 2.99. The molecule has 2 aromatic carbocycles. The fraction of sp³-hybridized carbons (Fsp3) is 0.318. The maximum atomic E-state index is 12.5. The Morgan fingerprint density at radius 2 is 1.82 bits per heavy atom. The standard InChI is InChI=1S/C22H25N3O3/c23-21(24)17-12-10-16(11-13-17)6-4-5-9-19(26)25-22(15-14-20(27)28-22)18-7-2-1-3-8-18/h1-3,7-8,10-13H,4-6,9,14-15H2,(H3,23,24)(H,25,26). The molecule has 0 aromatic heterocycles. The van der Waals surface area contributed by atoms with E-state index in [4.69, 9.17) is 15.9 Å². The normalized spacial score (nSPS) is 18.5. The second-order valence-electron chi connectivity index (χ2n) is 7.03. The Morgan fingerprint density at radius 3 is 2.43 bits per heavy atom. The van der Waals surface area contributed by atoms with Crippen molar-refractivity contribution in [1.29, 1.82) is 5.41 Å². The summed E-state index contributed by atoms with van der Waals surface area (Å²) in [6.07, 6.45) is 3.57. The number of unbranched alkanes of at least 4 members (excludes halogenated alkanes) is 1. The Hall–Kier alpha value is -3.15. The maximum Gasteiger partial charge on any atom is 0.308 e. The quantitative estimate of drug-likeness (QED) is 0.284. The number of rotatable bonds is 8. The van der Waals surface area contributed by atoms with Crippen molar-refractivity contribution in [2.24, 2.45) is 5.73 Å². The van der Waals surface area contributed by atoms with Crippen LogP contribution in [0.1, 0.15) is 48.8 Å². The first kappa shape index (κ1) is 19.6. The first-order valence-electron chi connectivity index (χ1n) is 9.50. The van der Waals surface area contributed by atoms with Gasteiger partial charge in [0.2, 0.25) is 11.6 Å². The van der Waals surface area contributed by atoms with E-state index in [-0.39, 0.29) is 17.7 Å². The zero-order chi connectivity index (χ0) is 20.0. The first-order valence-corrected chi connectivity index (χ1v) is 9.50. The van der Waals surface area contributed by atoms with Crippen molar-refractivity contribution in [2.75, 3.05) is 0 Å². The maximum absolute atomic E-state index is 12.5. The minimum atomic E-state index is -1.04. The number of hydrogen-bond donors (Lipinski definition) is 3. The number of cyclic esters (lactones) is 1. The summed E-state index contributed by atoms with van der Waals surface area (Å²) in [6, 6.07) is 16.9. The average molecular weight is 379 g/mol. The van der Waals surface area contributed by atoms with Gasteiger partial charge in [0, 0.05) is 24.0 Å². The van der Waals surface area contributed by atoms with Crippen LogP contribution in [0.25, 0.3) is 0 Å². The number of nitrogens with one attached hydrogen (secondary N) is 2. The van der Waals surface area contributed by atoms with Crippen LogP contribution in [0.3, 0.4) is 0 Å². The van der Waals surface area contributed by atoms with Crippen LogP contribution in [-0.2, 0) is 26.5 Å². The molecular formula is C22H25N3O3. The summed E-state index contributed by atoms with van der Waals surface area (Å²) in [5.74, 6) is -0.355. The summed E-state index contributed by atoms with van der Waals surface area (Å²) in [5.41, 5.74) is 7.06. The number of amidine groups is 1. The van der Waals surface area contributed by atoms with Crippen molar-refractivity contribution < 1.29 is 14.3 Å². The van der Waals surface area contributed by atoms with Gasteiger partial charge in [-0.2, -0.15) is 0 Å². The van der Waals surface area contributed by atoms with E-state index in [2.05, 4.69) is 5.32 Å². The first-order chi connectivity index (χ1) is 13.5. The minimum Gasteiger partial charge on any atom is -0.435 e. The zero-order valence-corrected chi connectivity index (χ0v) is 15.7. The third-order valence-electron chi connectivity index (χ3n) is 4.93. The smallest absolute Gasteiger partial charge is 0.308 e. The topological polar surface area (TPSA) is 105 Å². The van der Waals surface area contributed by atoms with Gasteiger partial charge in [0.15, 0.2) is 0 Å². The Labute approximate surface area is 164 Å². The highest BCUT2D eigenvalue weighted by Gasteiger charge is 2.43. The largest absolute Gasteiger partial charge is 0.435 e. The van der Waals surface area contributed by atoms with Gasteiger partial charge in [-0.3, -0.25) is 15.0 Å². The van der Waals surface area contributed by atoms with Crippen LogP contribution < -0.4 is 11.1 Å². The van der Waals surface area contributed by atoms with Crippen molar-refractivity contribution in [3.63, 3.8) is 0 Å². The molecule has 0 bridgehead atoms. The third-order valence-corrected chi connectivity index (χ3v) is 4.93. The molecule has 6 heteroatoms. The fourth-order valence-corrected chi connectivity index (χ4v) is 3.40. The summed E-state index contributed by atoms with van der Waals surface area (Å²) in [6.45, 7) is 0. The number of nitrogen functional groups attached to an aromatic ring is 1. The molecule has 1 fully saturated rings. The molecule has 1 aliphatic heterocycles. The summed E-state index contributed by atoms with van der Waals surface area (Å²) >= 11 is 0. The predicted molar refractivity (Wildman–Crippen MR) is 107 cm³/mol. The number of aryl methyl sites for hydroxylation is 1. The highest BCUT2D eigenvalue weighted by molar-refractivity contribution is 5.94. The molecule has 0 spiro atoms. The van der Waals surface area contributed by atoms with Crippen LogP contribution in [-0.4, -0.2) is 17.7 Å². The molecule has 1 aliphatic rings. The Morgan fingerprint density at radius 1 is 1.11 bits per heavy atom. The molecule has 1 heterocycles. The lowest BCUT2D eigenvalue weighted by Crippen LogP contribution is -2.45. The van der Waals surface area contributed by atoms with E-state index in [9.17, 15) is 9.59 Å². The SMILES string of the molecule is N=C(N)c1ccc(CCCCC(=O)NC2(c3ccccc3)CCC(=O)O2)cc1. The Balaban J connectivity index is 1.50. The number of amides is 1. The van der Waals surface area contributed by atoms with Crippen LogP contribution in [0.15, 0.2) is 54.6 Å². The molecule has 6 nitrogen and oxygen atoms in total. The molecule has 3 rings (SSSR count). The second kappa shape index (κ2) is 8.69. The van der Waals surface area contributed by atoms with Gasteiger partial charge in [0.1, 0.15) is 5.84 Å². The Kier molecular flexibility index (Phi) is 6.09. The summed E-state index contributed by atoms with van der Waals surface area (Å²) in [5, 5.41) is 10.3. The molecule has 0 radical (unpaired) electrons. The van der Waals surface area contributed by atoms with Crippen molar-refractivity contribution in [1.82, 2.24) is 5.32 Å². The second-order valence-corrected chi connectivity index (χ2v) is 7.03. The van der Waals surface area contributed by atoms with E-state index in [0.717, 1.165) is 30.4 Å². The van der Waals surface area contributed by atoms with Gasteiger partial charge in [0.25, 0.3) is 0 Å². The van der Waals surface area contributed by atoms with Gasteiger partial charge in [-0.25, -0.2) is 0 Å². The highest BCUT2D eigenvalue weighted by atomic mass is 16.6. The van der Waals surface area contributed by atoms with Crippen LogP contribution in [0.5, 0.6) is 0 Å². The van der Waals surface area contributed by atoms with Gasteiger partial charge in [-0.05, 0) is 24.8 Å². The van der Waals surface area contributed by atoms with E-state index in [1.807, 2.05) is 54.6 Å². The number of esters is 1. The molecule has 28 heavy (non-hydrogen) atoms. The van der Waals surface area contributed by atoms with E-state index in [0.29, 0.717) is 24.8 Å². The number of ether oxygens (including phenoxy) is 1. The number of benzene rings is 2. The van der Waals surface area contributed by atoms with Gasteiger partial charge in [-0.1, -0.05) is 54.6 Å². The van der Waals surface area contributed by atoms with Gasteiger partial charge in [-0.15, -0.1) is 0 Å². The van der Waals surface area contributed by atoms with Gasteiger partial charge >= 0.3 is 5.97 Å². The van der Waals surface area contributed by atoms with Crippen LogP contribution >= 0.6 is 0 Å². The lowest BCUT2D eigenvalue weighted by Gasteiger charge is -2.29. The van der Waals surface area contributed by atoms with E-state index in [1.165, 1.54) is 0 Å². The zero-order valence-electron chi connectivity index (χ0n) is 15.7. The lowest BCUT2D eigenvalue weighted by molar-refractivity contribution is -0.154. The van der Waals surface area contributed by atoms with Crippen LogP contribution in [0, 0.1) is 5.41 Å². The highest BCUT2D eigenvalue weighted by Crippen LogP contribution is 2.34. The van der Waals surface area contributed by atoms with Crippen molar-refractivity contribution in [2.45, 2.75) is 44.2 Å². The van der Waals surface area contributed by atoms with E-state index >= 15 is 0 Å². The molecule has 1 atom stereocenters. The van der Waals surface area contributed by atoms with Crippen molar-refractivity contribution in [3.05, 3.63) is 71.3 Å². The number of carbonyl (C=O) groups is 2. The van der Waals surface area contributed by atoms with Crippen molar-refractivity contribution >= 4 is 17.7 Å². The molecule has 0 aliphatic carbocycles. The van der Waals surface area contributed by atoms with Gasteiger partial charge in [0.05, 0.1) is 6.42 Å². The fourth-order valence-electron chi connectivity index (χ4n) is 3.40. The Bertz CT molecular complexity index is 849. The number of carbonyl (C=O) groups excluding carboxylic acids is 2. The molecule has 146 valence electrons. The summed E-state index contributed by atoms with van der Waals surface area (Å²) < 4.78 is 5.51. The number of hydrogen-bond acceptors (Lipinski definition) is 4. The summed E-state index contributed by atoms with van der Waals surface area (Å²) in [4.78, 5) is 24.2. The van der Waals surface area contributed by atoms with Gasteiger partial charge < -0.3 is 15.8 Å². The lowest BCUT2D eigenvalue weighted by atomic mass is 9.99. The summed E-state index contributed by atoms with van der Waals surface area (Å²) in [7, 11) is 0. The molecule has 4 N–H and O–H groups in total. The van der Waals surface area contributed by atoms with E-state index < -0.39 is 5.72 Å². The van der Waals surface area contributed by atoms with E-state index in [1.54, 1.807) is 0 Å². The molecular weight excluding hydrogens is 354 g/mol. The molecule has 2 aromatic rings. The monoisotopic (exact) mass is 379 g/mol. The average Bonchev–Trinajstić information content (AvgIpc) is 3.08. The number of nitrogens with two attached hydrogens (primary N) is 1. The molecule has 1 saturated heterocycles.